The molecule has 2 N–H and O–H groups in total. The van der Waals surface area contributed by atoms with Crippen LogP contribution in [0, 0.1) is 5.92 Å². The quantitative estimate of drug-likeness (QED) is 0.637. The van der Waals surface area contributed by atoms with Crippen molar-refractivity contribution in [2.45, 2.75) is 19.4 Å². The number of benzene rings is 2. The van der Waals surface area contributed by atoms with Gasteiger partial charge in [0.1, 0.15) is 11.5 Å². The molecule has 0 radical (unpaired) electrons. The van der Waals surface area contributed by atoms with Gasteiger partial charge in [-0.25, -0.2) is 0 Å². The molecule has 2 aromatic carbocycles. The van der Waals surface area contributed by atoms with Gasteiger partial charge in [0.15, 0.2) is 5.75 Å². The fourth-order valence-electron chi connectivity index (χ4n) is 3.73. The van der Waals surface area contributed by atoms with Crippen molar-refractivity contribution < 1.29 is 14.6 Å². The van der Waals surface area contributed by atoms with E-state index >= 15 is 0 Å². The summed E-state index contributed by atoms with van der Waals surface area (Å²) < 4.78 is 5.90. The van der Waals surface area contributed by atoms with Crippen LogP contribution in [-0.2, 0) is 11.3 Å². The van der Waals surface area contributed by atoms with E-state index in [9.17, 15) is 9.90 Å². The third-order valence-electron chi connectivity index (χ3n) is 5.27. The van der Waals surface area contributed by atoms with Crippen LogP contribution >= 0.6 is 0 Å². The summed E-state index contributed by atoms with van der Waals surface area (Å²) in [5, 5.41) is 13.1. The molecular weight excluding hydrogens is 378 g/mol. The fourth-order valence-corrected chi connectivity index (χ4v) is 3.73. The monoisotopic (exact) mass is 403 g/mol. The number of nitrogens with one attached hydrogen (secondary N) is 1. The molecule has 1 aliphatic heterocycles. The maximum Gasteiger partial charge on any atom is 0.228 e. The third kappa shape index (κ3) is 4.96. The number of phenolic OH excluding ortho intramolecular Hbond substituents is 1. The summed E-state index contributed by atoms with van der Waals surface area (Å²) in [5.41, 5.74) is 1.53. The first-order chi connectivity index (χ1) is 14.7. The van der Waals surface area contributed by atoms with E-state index in [4.69, 9.17) is 4.74 Å². The lowest BCUT2D eigenvalue weighted by molar-refractivity contribution is -0.121. The molecule has 1 fully saturated rings. The van der Waals surface area contributed by atoms with Gasteiger partial charge in [0.2, 0.25) is 5.91 Å². The zero-order valence-corrected chi connectivity index (χ0v) is 16.7. The number of piperidine rings is 1. The molecule has 1 atom stereocenters. The summed E-state index contributed by atoms with van der Waals surface area (Å²) >= 11 is 0. The van der Waals surface area contributed by atoms with Crippen LogP contribution in [0.4, 0.5) is 5.69 Å². The highest BCUT2D eigenvalue weighted by Crippen LogP contribution is 2.30. The number of hydrogen-bond acceptors (Lipinski definition) is 5. The van der Waals surface area contributed by atoms with Crippen molar-refractivity contribution >= 4 is 11.6 Å². The topological polar surface area (TPSA) is 74.7 Å². The average Bonchev–Trinajstić information content (AvgIpc) is 2.78. The molecule has 6 heteroatoms. The van der Waals surface area contributed by atoms with E-state index in [1.54, 1.807) is 24.5 Å². The van der Waals surface area contributed by atoms with Crippen LogP contribution in [0.1, 0.15) is 18.4 Å². The molecule has 1 saturated heterocycles. The van der Waals surface area contributed by atoms with E-state index in [-0.39, 0.29) is 11.8 Å². The Morgan fingerprint density at radius 3 is 2.80 bits per heavy atom. The van der Waals surface area contributed by atoms with E-state index in [1.165, 1.54) is 0 Å². The highest BCUT2D eigenvalue weighted by Gasteiger charge is 2.26. The van der Waals surface area contributed by atoms with Crippen LogP contribution in [0.2, 0.25) is 0 Å². The van der Waals surface area contributed by atoms with Crippen molar-refractivity contribution in [3.63, 3.8) is 0 Å². The number of carbonyl (C=O) groups is 1. The summed E-state index contributed by atoms with van der Waals surface area (Å²) in [4.78, 5) is 19.3. The van der Waals surface area contributed by atoms with Crippen LogP contribution in [0.25, 0.3) is 0 Å². The SMILES string of the molecule is O=C(Nc1ccccc1Oc1cccnc1)[C@H]1CCCN(Cc2ccccc2O)C1. The van der Waals surface area contributed by atoms with Crippen molar-refractivity contribution in [3.8, 4) is 17.2 Å². The number of hydrogen-bond donors (Lipinski definition) is 2. The maximum absolute atomic E-state index is 13.0. The molecule has 0 bridgehead atoms. The van der Waals surface area contributed by atoms with Gasteiger partial charge in [-0.1, -0.05) is 30.3 Å². The minimum atomic E-state index is -0.115. The Labute approximate surface area is 176 Å². The Hall–Kier alpha value is -3.38. The minimum absolute atomic E-state index is 0.0146. The van der Waals surface area contributed by atoms with E-state index in [0.29, 0.717) is 36.0 Å². The predicted octanol–water partition coefficient (Wildman–Crippen LogP) is 4.43. The number of ether oxygens (including phenoxy) is 1. The molecule has 3 aromatic rings. The highest BCUT2D eigenvalue weighted by atomic mass is 16.5. The van der Waals surface area contributed by atoms with Crippen molar-refractivity contribution in [1.82, 2.24) is 9.88 Å². The predicted molar refractivity (Wildman–Crippen MR) is 115 cm³/mol. The summed E-state index contributed by atoms with van der Waals surface area (Å²) in [6.07, 6.45) is 5.11. The van der Waals surface area contributed by atoms with Gasteiger partial charge in [-0.05, 0) is 49.7 Å². The first-order valence-corrected chi connectivity index (χ1v) is 10.2. The summed E-state index contributed by atoms with van der Waals surface area (Å²) in [6, 6.07) is 18.4. The Morgan fingerprint density at radius 1 is 1.13 bits per heavy atom. The average molecular weight is 403 g/mol. The summed E-state index contributed by atoms with van der Waals surface area (Å²) in [7, 11) is 0. The first kappa shape index (κ1) is 19.9. The number of rotatable bonds is 6. The number of aromatic hydroxyl groups is 1. The van der Waals surface area contributed by atoms with Gasteiger partial charge in [0.25, 0.3) is 0 Å². The van der Waals surface area contributed by atoms with Crippen molar-refractivity contribution in [3.05, 3.63) is 78.6 Å². The molecule has 0 spiro atoms. The molecule has 1 aromatic heterocycles. The second kappa shape index (κ2) is 9.41. The Bertz CT molecular complexity index is 994. The molecule has 4 rings (SSSR count). The van der Waals surface area contributed by atoms with Gasteiger partial charge in [0.05, 0.1) is 17.8 Å². The van der Waals surface area contributed by atoms with Crippen LogP contribution in [0.5, 0.6) is 17.2 Å². The maximum atomic E-state index is 13.0. The van der Waals surface area contributed by atoms with Gasteiger partial charge < -0.3 is 15.2 Å². The minimum Gasteiger partial charge on any atom is -0.508 e. The van der Waals surface area contributed by atoms with Gasteiger partial charge in [-0.2, -0.15) is 0 Å². The van der Waals surface area contributed by atoms with Gasteiger partial charge in [-0.15, -0.1) is 0 Å². The van der Waals surface area contributed by atoms with Crippen LogP contribution in [-0.4, -0.2) is 34.0 Å². The number of anilines is 1. The van der Waals surface area contributed by atoms with Crippen LogP contribution in [0.15, 0.2) is 73.1 Å². The number of aromatic nitrogens is 1. The number of pyridine rings is 1. The normalized spacial score (nSPS) is 16.7. The summed E-state index contributed by atoms with van der Waals surface area (Å²) in [5.74, 6) is 1.37. The van der Waals surface area contributed by atoms with E-state index in [2.05, 4.69) is 15.2 Å². The lowest BCUT2D eigenvalue weighted by Gasteiger charge is -2.32. The van der Waals surface area contributed by atoms with Gasteiger partial charge in [0, 0.05) is 24.8 Å². The zero-order valence-electron chi connectivity index (χ0n) is 16.7. The molecule has 1 amide bonds. The molecule has 0 aliphatic carbocycles. The lowest BCUT2D eigenvalue weighted by Crippen LogP contribution is -2.40. The number of likely N-dealkylation sites (tertiary alicyclic amines) is 1. The number of phenols is 1. The number of para-hydroxylation sites is 3. The van der Waals surface area contributed by atoms with Crippen molar-refractivity contribution in [2.24, 2.45) is 5.92 Å². The Balaban J connectivity index is 1.41. The molecule has 30 heavy (non-hydrogen) atoms. The molecule has 0 unspecified atom stereocenters. The van der Waals surface area contributed by atoms with Crippen LogP contribution < -0.4 is 10.1 Å². The number of carbonyl (C=O) groups excluding carboxylic acids is 1. The smallest absolute Gasteiger partial charge is 0.228 e. The highest BCUT2D eigenvalue weighted by molar-refractivity contribution is 5.94. The third-order valence-corrected chi connectivity index (χ3v) is 5.27. The van der Waals surface area contributed by atoms with Gasteiger partial charge in [-0.3, -0.25) is 14.7 Å². The molecule has 0 saturated carbocycles. The van der Waals surface area contributed by atoms with E-state index in [0.717, 1.165) is 24.9 Å². The molecular formula is C24H25N3O3. The molecule has 1 aliphatic rings. The van der Waals surface area contributed by atoms with Crippen molar-refractivity contribution in [2.75, 3.05) is 18.4 Å². The molecule has 2 heterocycles. The van der Waals surface area contributed by atoms with Crippen LogP contribution in [0.3, 0.4) is 0 Å². The zero-order chi connectivity index (χ0) is 20.8. The second-order valence-corrected chi connectivity index (χ2v) is 7.48. The Morgan fingerprint density at radius 2 is 1.97 bits per heavy atom. The van der Waals surface area contributed by atoms with E-state index in [1.807, 2.05) is 48.5 Å². The molecule has 154 valence electrons. The van der Waals surface area contributed by atoms with E-state index < -0.39 is 0 Å². The summed E-state index contributed by atoms with van der Waals surface area (Å²) in [6.45, 7) is 2.21. The van der Waals surface area contributed by atoms with Gasteiger partial charge >= 0.3 is 0 Å². The van der Waals surface area contributed by atoms with Crippen molar-refractivity contribution in [1.29, 1.82) is 0 Å². The largest absolute Gasteiger partial charge is 0.508 e. The number of nitrogens with zero attached hydrogens (tertiary/aromatic N) is 2. The first-order valence-electron chi connectivity index (χ1n) is 10.2. The molecule has 6 nitrogen and oxygen atoms in total. The second-order valence-electron chi connectivity index (χ2n) is 7.48. The fraction of sp³-hybridized carbons (Fsp3) is 0.250. The Kier molecular flexibility index (Phi) is 6.25. The standard InChI is InChI=1S/C24H25N3O3/c28-22-11-3-1-7-18(22)16-27-14-6-8-19(17-27)24(29)26-21-10-2-4-12-23(21)30-20-9-5-13-25-15-20/h1-5,7,9-13,15,19,28H,6,8,14,16-17H2,(H,26,29)/t19-/m0/s1. The lowest BCUT2D eigenvalue weighted by atomic mass is 9.96. The number of amides is 1.